The first kappa shape index (κ1) is 29.8. The fourth-order valence-electron chi connectivity index (χ4n) is 4.04. The molecule has 3 rings (SSSR count). The van der Waals surface area contributed by atoms with E-state index in [0.29, 0.717) is 24.2 Å². The van der Waals surface area contributed by atoms with E-state index in [1.807, 2.05) is 0 Å². The van der Waals surface area contributed by atoms with Crippen LogP contribution in [0.5, 0.6) is 0 Å². The lowest BCUT2D eigenvalue weighted by atomic mass is 9.85. The SMILES string of the molecule is CC1(C)OC(=N[C@@H](CCO[Si](C)(C)C(C)(C)C)c2ccccc2F)NS(=O)(=O)C1(C)c1ccc(Br)cc1. The van der Waals surface area contributed by atoms with E-state index in [1.165, 1.54) is 6.07 Å². The second-order valence-electron chi connectivity index (χ2n) is 11.6. The lowest BCUT2D eigenvalue weighted by Gasteiger charge is -2.47. The van der Waals surface area contributed by atoms with E-state index in [2.05, 4.69) is 59.5 Å². The summed E-state index contributed by atoms with van der Waals surface area (Å²) in [5.41, 5.74) is -0.238. The second kappa shape index (κ2) is 10.4. The summed E-state index contributed by atoms with van der Waals surface area (Å²) in [6.45, 7) is 16.2. The Bertz CT molecular complexity index is 1260. The molecule has 0 radical (unpaired) electrons. The third-order valence-electron chi connectivity index (χ3n) is 7.85. The minimum atomic E-state index is -3.99. The molecule has 1 unspecified atom stereocenters. The predicted molar refractivity (Wildman–Crippen MR) is 153 cm³/mol. The van der Waals surface area contributed by atoms with Crippen LogP contribution in [0.4, 0.5) is 4.39 Å². The number of sulfonamides is 1. The molecular weight excluding hydrogens is 575 g/mol. The number of hydrogen-bond acceptors (Lipinski definition) is 5. The van der Waals surface area contributed by atoms with Crippen LogP contribution in [0.1, 0.15) is 65.1 Å². The molecular formula is C27H38BrFN2O4SSi. The van der Waals surface area contributed by atoms with Crippen LogP contribution < -0.4 is 4.72 Å². The molecule has 2 atom stereocenters. The van der Waals surface area contributed by atoms with Gasteiger partial charge >= 0.3 is 0 Å². The van der Waals surface area contributed by atoms with Gasteiger partial charge in [-0.2, -0.15) is 0 Å². The summed E-state index contributed by atoms with van der Waals surface area (Å²) in [4.78, 5) is 4.61. The highest BCUT2D eigenvalue weighted by molar-refractivity contribution is 9.10. The van der Waals surface area contributed by atoms with Gasteiger partial charge in [0, 0.05) is 16.6 Å². The average molecular weight is 614 g/mol. The summed E-state index contributed by atoms with van der Waals surface area (Å²) >= 11 is 3.40. The first-order valence-corrected chi connectivity index (χ1v) is 17.5. The van der Waals surface area contributed by atoms with E-state index in [0.717, 1.165) is 4.47 Å². The predicted octanol–water partition coefficient (Wildman–Crippen LogP) is 7.04. The molecule has 6 nitrogen and oxygen atoms in total. The van der Waals surface area contributed by atoms with E-state index in [9.17, 15) is 12.8 Å². The van der Waals surface area contributed by atoms with Crippen molar-refractivity contribution in [3.63, 3.8) is 0 Å². The second-order valence-corrected chi connectivity index (χ2v) is 19.4. The number of hydrogen-bond donors (Lipinski definition) is 1. The van der Waals surface area contributed by atoms with Gasteiger partial charge in [-0.05, 0) is 69.1 Å². The van der Waals surface area contributed by atoms with Crippen LogP contribution >= 0.6 is 15.9 Å². The Morgan fingerprint density at radius 1 is 1.11 bits per heavy atom. The van der Waals surface area contributed by atoms with Gasteiger partial charge in [0.15, 0.2) is 13.1 Å². The topological polar surface area (TPSA) is 77.0 Å². The molecule has 1 fully saturated rings. The van der Waals surface area contributed by atoms with Gasteiger partial charge in [-0.25, -0.2) is 22.5 Å². The van der Waals surface area contributed by atoms with Gasteiger partial charge in [0.2, 0.25) is 10.0 Å². The number of nitrogens with zero attached hydrogens (tertiary/aromatic N) is 1. The maximum atomic E-state index is 14.8. The lowest BCUT2D eigenvalue weighted by Crippen LogP contribution is -2.63. The summed E-state index contributed by atoms with van der Waals surface area (Å²) in [6.07, 6.45) is 0.367. The molecule has 1 heterocycles. The summed E-state index contributed by atoms with van der Waals surface area (Å²) in [6, 6.07) is 12.6. The number of aliphatic imine (C=N–C) groups is 1. The third-order valence-corrected chi connectivity index (χ3v) is 15.2. The van der Waals surface area contributed by atoms with Crippen molar-refractivity contribution >= 4 is 40.3 Å². The van der Waals surface area contributed by atoms with Crippen LogP contribution in [-0.2, 0) is 23.9 Å². The van der Waals surface area contributed by atoms with Gasteiger partial charge in [0.25, 0.3) is 6.02 Å². The fourth-order valence-corrected chi connectivity index (χ4v) is 7.03. The number of ether oxygens (including phenoxy) is 1. The third kappa shape index (κ3) is 5.97. The van der Waals surface area contributed by atoms with Crippen molar-refractivity contribution in [1.29, 1.82) is 0 Å². The van der Waals surface area contributed by atoms with Crippen LogP contribution in [0.2, 0.25) is 18.1 Å². The van der Waals surface area contributed by atoms with Gasteiger partial charge in [-0.15, -0.1) is 0 Å². The highest BCUT2D eigenvalue weighted by Gasteiger charge is 2.59. The van der Waals surface area contributed by atoms with Gasteiger partial charge in [-0.3, -0.25) is 0 Å². The number of benzene rings is 2. The van der Waals surface area contributed by atoms with Gasteiger partial charge in [0.05, 0.1) is 6.04 Å². The Kier molecular flexibility index (Phi) is 8.40. The lowest BCUT2D eigenvalue weighted by molar-refractivity contribution is 0.0381. The van der Waals surface area contributed by atoms with Gasteiger partial charge in [-0.1, -0.05) is 67.0 Å². The molecule has 1 aliphatic heterocycles. The van der Waals surface area contributed by atoms with Crippen molar-refractivity contribution in [3.8, 4) is 0 Å². The largest absolute Gasteiger partial charge is 0.456 e. The monoisotopic (exact) mass is 612 g/mol. The van der Waals surface area contributed by atoms with Gasteiger partial charge < -0.3 is 9.16 Å². The van der Waals surface area contributed by atoms with Crippen LogP contribution in [0.15, 0.2) is 58.0 Å². The molecule has 2 aromatic rings. The average Bonchev–Trinajstić information content (AvgIpc) is 2.76. The van der Waals surface area contributed by atoms with Crippen molar-refractivity contribution in [2.24, 2.45) is 4.99 Å². The van der Waals surface area contributed by atoms with Crippen molar-refractivity contribution in [3.05, 3.63) is 69.9 Å². The fraction of sp³-hybridized carbons (Fsp3) is 0.519. The van der Waals surface area contributed by atoms with E-state index < -0.39 is 40.5 Å². The van der Waals surface area contributed by atoms with Crippen molar-refractivity contribution in [2.45, 2.75) is 82.5 Å². The Labute approximate surface area is 230 Å². The molecule has 2 aromatic carbocycles. The molecule has 1 aliphatic rings. The number of amidine groups is 1. The van der Waals surface area contributed by atoms with Crippen LogP contribution in [0.3, 0.4) is 0 Å². The maximum absolute atomic E-state index is 14.8. The first-order valence-electron chi connectivity index (χ1n) is 12.3. The zero-order valence-electron chi connectivity index (χ0n) is 22.9. The van der Waals surface area contributed by atoms with Gasteiger partial charge in [0.1, 0.15) is 11.4 Å². The zero-order chi connectivity index (χ0) is 27.9. The van der Waals surface area contributed by atoms with Crippen LogP contribution in [0, 0.1) is 5.82 Å². The molecule has 37 heavy (non-hydrogen) atoms. The summed E-state index contributed by atoms with van der Waals surface area (Å²) in [5, 5.41) is 0.0238. The molecule has 1 saturated heterocycles. The summed E-state index contributed by atoms with van der Waals surface area (Å²) in [5.74, 6) is -0.415. The highest BCUT2D eigenvalue weighted by Crippen LogP contribution is 2.45. The van der Waals surface area contributed by atoms with E-state index in [1.54, 1.807) is 63.2 Å². The molecule has 0 aromatic heterocycles. The maximum Gasteiger partial charge on any atom is 0.299 e. The molecule has 0 saturated carbocycles. The van der Waals surface area contributed by atoms with E-state index in [-0.39, 0.29) is 11.1 Å². The van der Waals surface area contributed by atoms with Crippen molar-refractivity contribution < 1.29 is 22.0 Å². The molecule has 0 spiro atoms. The minimum Gasteiger partial charge on any atom is -0.456 e. The molecule has 204 valence electrons. The number of rotatable bonds is 7. The van der Waals surface area contributed by atoms with Crippen molar-refractivity contribution in [2.75, 3.05) is 6.61 Å². The summed E-state index contributed by atoms with van der Waals surface area (Å²) in [7, 11) is -6.02. The standard InChI is InChI=1S/C27H38BrFN2O4SSi/c1-25(2,3)37(7,8)34-18-17-23(21-11-9-10-12-22(21)29)30-24-31-36(32,33)27(6,26(4,5)35-24)19-13-15-20(28)16-14-19/h9-16,23H,17-18H2,1-8H3,(H,30,31)/t23-,27?/m0/s1. The Morgan fingerprint density at radius 2 is 1.70 bits per heavy atom. The molecule has 0 bridgehead atoms. The Morgan fingerprint density at radius 3 is 2.24 bits per heavy atom. The minimum absolute atomic E-state index is 0.0238. The molecule has 0 amide bonds. The number of halogens is 2. The number of nitrogens with one attached hydrogen (secondary N) is 1. The molecule has 0 aliphatic carbocycles. The van der Waals surface area contributed by atoms with Crippen LogP contribution in [0.25, 0.3) is 0 Å². The summed E-state index contributed by atoms with van der Waals surface area (Å²) < 4.78 is 56.7. The highest BCUT2D eigenvalue weighted by atomic mass is 79.9. The van der Waals surface area contributed by atoms with Crippen LogP contribution in [-0.4, -0.2) is 35.0 Å². The quantitative estimate of drug-likeness (QED) is 0.340. The van der Waals surface area contributed by atoms with E-state index >= 15 is 0 Å². The smallest absolute Gasteiger partial charge is 0.299 e. The molecule has 1 N–H and O–H groups in total. The first-order chi connectivity index (χ1) is 16.9. The van der Waals surface area contributed by atoms with E-state index in [4.69, 9.17) is 9.16 Å². The molecule has 10 heteroatoms. The Hall–Kier alpha value is -1.75. The normalized spacial score (nSPS) is 23.2. The zero-order valence-corrected chi connectivity index (χ0v) is 26.3. The van der Waals surface area contributed by atoms with Crippen molar-refractivity contribution in [1.82, 2.24) is 4.72 Å². The Balaban J connectivity index is 1.96.